The van der Waals surface area contributed by atoms with Crippen molar-refractivity contribution in [2.45, 2.75) is 33.2 Å². The minimum atomic E-state index is -0.304. The van der Waals surface area contributed by atoms with Gasteiger partial charge in [0.25, 0.3) is 5.91 Å². The molecule has 2 aromatic rings. The molecule has 0 bridgehead atoms. The number of hydrogen-bond donors (Lipinski definition) is 1. The molecule has 0 radical (unpaired) electrons. The quantitative estimate of drug-likeness (QED) is 0.843. The van der Waals surface area contributed by atoms with Crippen LogP contribution in [-0.2, 0) is 0 Å². The van der Waals surface area contributed by atoms with Gasteiger partial charge in [0.05, 0.1) is 5.56 Å². The van der Waals surface area contributed by atoms with E-state index in [-0.39, 0.29) is 11.4 Å². The summed E-state index contributed by atoms with van der Waals surface area (Å²) in [5.74, 6) is -0.151. The van der Waals surface area contributed by atoms with Gasteiger partial charge in [0, 0.05) is 11.7 Å². The molecule has 0 saturated heterocycles. The van der Waals surface area contributed by atoms with Gasteiger partial charge < -0.3 is 5.32 Å². The molecule has 0 atom stereocenters. The van der Waals surface area contributed by atoms with Crippen LogP contribution in [0.1, 0.15) is 36.7 Å². The number of halogens is 1. The summed E-state index contributed by atoms with van der Waals surface area (Å²) in [4.78, 5) is 16.5. The predicted molar refractivity (Wildman–Crippen MR) is 86.6 cm³/mol. The molecule has 0 aliphatic heterocycles. The maximum absolute atomic E-state index is 12.4. The van der Waals surface area contributed by atoms with Gasteiger partial charge >= 0.3 is 0 Å². The molecule has 0 unspecified atom stereocenters. The van der Waals surface area contributed by atoms with E-state index in [0.717, 1.165) is 11.1 Å². The summed E-state index contributed by atoms with van der Waals surface area (Å²) in [6.07, 6.45) is 1.53. The fourth-order valence-corrected chi connectivity index (χ4v) is 2.15. The zero-order chi connectivity index (χ0) is 15.6. The molecule has 3 nitrogen and oxygen atoms in total. The lowest BCUT2D eigenvalue weighted by Crippen LogP contribution is -2.40. The van der Waals surface area contributed by atoms with E-state index < -0.39 is 0 Å². The van der Waals surface area contributed by atoms with E-state index in [9.17, 15) is 4.79 Å². The second-order valence-electron chi connectivity index (χ2n) is 6.12. The molecule has 0 spiro atoms. The molecule has 1 aromatic heterocycles. The van der Waals surface area contributed by atoms with E-state index >= 15 is 0 Å². The Kier molecular flexibility index (Phi) is 4.33. The first-order valence-electron chi connectivity index (χ1n) is 6.81. The first-order valence-corrected chi connectivity index (χ1v) is 7.19. The highest BCUT2D eigenvalue weighted by molar-refractivity contribution is 6.29. The normalized spacial score (nSPS) is 11.3. The van der Waals surface area contributed by atoms with Crippen molar-refractivity contribution in [3.05, 3.63) is 52.8 Å². The molecular weight excluding hydrogens is 284 g/mol. The van der Waals surface area contributed by atoms with Gasteiger partial charge in [0.15, 0.2) is 0 Å². The zero-order valence-corrected chi connectivity index (χ0v) is 13.5. The number of carbonyl (C=O) groups excluding carboxylic acids is 1. The van der Waals surface area contributed by atoms with Crippen LogP contribution in [0.4, 0.5) is 0 Å². The molecule has 21 heavy (non-hydrogen) atoms. The summed E-state index contributed by atoms with van der Waals surface area (Å²) in [7, 11) is 0. The van der Waals surface area contributed by atoms with Gasteiger partial charge in [0.2, 0.25) is 0 Å². The van der Waals surface area contributed by atoms with Crippen molar-refractivity contribution in [2.75, 3.05) is 0 Å². The number of benzene rings is 1. The standard InChI is InChI=1S/C17H19ClN2O/c1-11-5-7-12(8-6-11)13-9-15(18)19-10-14(13)16(21)20-17(2,3)4/h5-10H,1-4H3,(H,20,21). The van der Waals surface area contributed by atoms with Crippen molar-refractivity contribution in [3.8, 4) is 11.1 Å². The van der Waals surface area contributed by atoms with Gasteiger partial charge in [-0.3, -0.25) is 4.79 Å². The van der Waals surface area contributed by atoms with E-state index in [4.69, 9.17) is 11.6 Å². The monoisotopic (exact) mass is 302 g/mol. The van der Waals surface area contributed by atoms with Crippen LogP contribution >= 0.6 is 11.6 Å². The Labute approximate surface area is 130 Å². The molecular formula is C17H19ClN2O. The SMILES string of the molecule is Cc1ccc(-c2cc(Cl)ncc2C(=O)NC(C)(C)C)cc1. The van der Waals surface area contributed by atoms with Gasteiger partial charge in [-0.2, -0.15) is 0 Å². The topological polar surface area (TPSA) is 42.0 Å². The van der Waals surface area contributed by atoms with Crippen molar-refractivity contribution in [1.29, 1.82) is 0 Å². The van der Waals surface area contributed by atoms with E-state index in [2.05, 4.69) is 10.3 Å². The molecule has 0 fully saturated rings. The lowest BCUT2D eigenvalue weighted by Gasteiger charge is -2.21. The van der Waals surface area contributed by atoms with Gasteiger partial charge in [-0.05, 0) is 44.9 Å². The molecule has 0 aliphatic carbocycles. The Bertz CT molecular complexity index is 657. The predicted octanol–water partition coefficient (Wildman–Crippen LogP) is 4.24. The van der Waals surface area contributed by atoms with Crippen molar-refractivity contribution >= 4 is 17.5 Å². The number of aryl methyl sites for hydroxylation is 1. The Morgan fingerprint density at radius 1 is 1.19 bits per heavy atom. The number of rotatable bonds is 2. The summed E-state index contributed by atoms with van der Waals surface area (Å²) < 4.78 is 0. The molecule has 4 heteroatoms. The zero-order valence-electron chi connectivity index (χ0n) is 12.7. The largest absolute Gasteiger partial charge is 0.347 e. The van der Waals surface area contributed by atoms with E-state index in [1.165, 1.54) is 11.8 Å². The fraction of sp³-hybridized carbons (Fsp3) is 0.294. The summed E-state index contributed by atoms with van der Waals surface area (Å²) >= 11 is 5.99. The molecule has 2 rings (SSSR count). The first kappa shape index (κ1) is 15.5. The minimum Gasteiger partial charge on any atom is -0.347 e. The summed E-state index contributed by atoms with van der Waals surface area (Å²) in [6, 6.07) is 9.71. The third-order valence-electron chi connectivity index (χ3n) is 2.97. The number of amides is 1. The van der Waals surface area contributed by atoms with Crippen LogP contribution < -0.4 is 5.32 Å². The van der Waals surface area contributed by atoms with Crippen molar-refractivity contribution in [2.24, 2.45) is 0 Å². The van der Waals surface area contributed by atoms with E-state index in [1.54, 1.807) is 6.07 Å². The second kappa shape index (κ2) is 5.86. The molecule has 1 aromatic carbocycles. The summed E-state index contributed by atoms with van der Waals surface area (Å²) in [5.41, 5.74) is 3.12. The van der Waals surface area contributed by atoms with E-state index in [1.807, 2.05) is 52.0 Å². The highest BCUT2D eigenvalue weighted by Gasteiger charge is 2.19. The Balaban J connectivity index is 2.47. The Hall–Kier alpha value is -1.87. The Morgan fingerprint density at radius 3 is 2.38 bits per heavy atom. The average molecular weight is 303 g/mol. The van der Waals surface area contributed by atoms with Crippen LogP contribution in [0.3, 0.4) is 0 Å². The number of pyridine rings is 1. The summed E-state index contributed by atoms with van der Waals surface area (Å²) in [5, 5.41) is 3.33. The number of nitrogens with zero attached hydrogens (tertiary/aromatic N) is 1. The fourth-order valence-electron chi connectivity index (χ4n) is 1.99. The van der Waals surface area contributed by atoms with Crippen LogP contribution in [0, 0.1) is 6.92 Å². The molecule has 1 amide bonds. The third-order valence-corrected chi connectivity index (χ3v) is 3.17. The van der Waals surface area contributed by atoms with E-state index in [0.29, 0.717) is 10.7 Å². The van der Waals surface area contributed by atoms with Crippen molar-refractivity contribution < 1.29 is 4.79 Å². The maximum Gasteiger partial charge on any atom is 0.253 e. The minimum absolute atomic E-state index is 0.151. The van der Waals surface area contributed by atoms with Crippen molar-refractivity contribution in [3.63, 3.8) is 0 Å². The average Bonchev–Trinajstić information content (AvgIpc) is 2.37. The smallest absolute Gasteiger partial charge is 0.253 e. The van der Waals surface area contributed by atoms with Crippen LogP contribution in [0.15, 0.2) is 36.5 Å². The number of carbonyl (C=O) groups is 1. The van der Waals surface area contributed by atoms with Crippen LogP contribution in [0.25, 0.3) is 11.1 Å². The molecule has 110 valence electrons. The molecule has 0 aliphatic rings. The van der Waals surface area contributed by atoms with Crippen LogP contribution in [0.2, 0.25) is 5.15 Å². The lowest BCUT2D eigenvalue weighted by atomic mass is 9.99. The van der Waals surface area contributed by atoms with Gasteiger partial charge in [-0.15, -0.1) is 0 Å². The van der Waals surface area contributed by atoms with Crippen LogP contribution in [0.5, 0.6) is 0 Å². The second-order valence-corrected chi connectivity index (χ2v) is 6.51. The van der Waals surface area contributed by atoms with Gasteiger partial charge in [0.1, 0.15) is 5.15 Å². The third kappa shape index (κ3) is 4.05. The highest BCUT2D eigenvalue weighted by atomic mass is 35.5. The summed E-state index contributed by atoms with van der Waals surface area (Å²) in [6.45, 7) is 7.86. The van der Waals surface area contributed by atoms with Gasteiger partial charge in [-0.25, -0.2) is 4.98 Å². The lowest BCUT2D eigenvalue weighted by molar-refractivity contribution is 0.0920. The number of nitrogens with one attached hydrogen (secondary N) is 1. The number of aromatic nitrogens is 1. The maximum atomic E-state index is 12.4. The highest BCUT2D eigenvalue weighted by Crippen LogP contribution is 2.26. The van der Waals surface area contributed by atoms with Crippen LogP contribution in [-0.4, -0.2) is 16.4 Å². The van der Waals surface area contributed by atoms with Gasteiger partial charge in [-0.1, -0.05) is 41.4 Å². The molecule has 1 heterocycles. The first-order chi connectivity index (χ1) is 9.76. The van der Waals surface area contributed by atoms with Crippen molar-refractivity contribution in [1.82, 2.24) is 10.3 Å². The Morgan fingerprint density at radius 2 is 1.81 bits per heavy atom. The number of hydrogen-bond acceptors (Lipinski definition) is 2. The molecule has 0 saturated carbocycles. The molecule has 1 N–H and O–H groups in total.